The van der Waals surface area contributed by atoms with Crippen LogP contribution in [0.15, 0.2) is 27.3 Å². The lowest BCUT2D eigenvalue weighted by Crippen LogP contribution is -2.17. The lowest BCUT2D eigenvalue weighted by Gasteiger charge is -2.08. The van der Waals surface area contributed by atoms with Crippen LogP contribution in [-0.4, -0.2) is 17.0 Å². The average Bonchev–Trinajstić information content (AvgIpc) is 2.01. The summed E-state index contributed by atoms with van der Waals surface area (Å²) in [5.74, 6) is -1.18. The maximum atomic E-state index is 10.7. The van der Waals surface area contributed by atoms with Gasteiger partial charge in [-0.3, -0.25) is 4.79 Å². The minimum atomic E-state index is -0.982. The molecular formula is C9H9NO3S. The van der Waals surface area contributed by atoms with Crippen LogP contribution in [0.2, 0.25) is 0 Å². The van der Waals surface area contributed by atoms with Crippen molar-refractivity contribution in [3.8, 4) is 0 Å². The van der Waals surface area contributed by atoms with Gasteiger partial charge in [0, 0.05) is 12.5 Å². The van der Waals surface area contributed by atoms with E-state index in [1.54, 1.807) is 6.92 Å². The summed E-state index contributed by atoms with van der Waals surface area (Å²) < 4.78 is 0. The van der Waals surface area contributed by atoms with Crippen molar-refractivity contribution < 1.29 is 14.7 Å². The molecule has 0 aromatic rings. The average molecular weight is 211 g/mol. The summed E-state index contributed by atoms with van der Waals surface area (Å²) in [7, 11) is 0. The second-order valence-electron chi connectivity index (χ2n) is 2.71. The van der Waals surface area contributed by atoms with Crippen LogP contribution in [-0.2, 0) is 9.59 Å². The molecular weight excluding hydrogens is 202 g/mol. The number of thioether (sulfide) groups is 1. The summed E-state index contributed by atoms with van der Waals surface area (Å²) in [6.07, 6.45) is 0. The number of carboxylic acid groups (broad SMARTS) is 1. The monoisotopic (exact) mass is 211 g/mol. The Morgan fingerprint density at radius 1 is 1.57 bits per heavy atom. The fraction of sp³-hybridized carbons (Fsp3) is 0.222. The van der Waals surface area contributed by atoms with Crippen molar-refractivity contribution in [3.05, 3.63) is 27.3 Å². The van der Waals surface area contributed by atoms with E-state index in [4.69, 9.17) is 5.11 Å². The van der Waals surface area contributed by atoms with E-state index in [9.17, 15) is 9.59 Å². The van der Waals surface area contributed by atoms with Crippen LogP contribution in [0.5, 0.6) is 0 Å². The molecule has 1 aliphatic heterocycles. The van der Waals surface area contributed by atoms with Crippen LogP contribution in [0.1, 0.15) is 13.8 Å². The number of amides is 1. The summed E-state index contributed by atoms with van der Waals surface area (Å²) in [4.78, 5) is 21.4. The number of hydrogen-bond donors (Lipinski definition) is 2. The Morgan fingerprint density at radius 3 is 2.64 bits per heavy atom. The van der Waals surface area contributed by atoms with Gasteiger partial charge in [0.2, 0.25) is 5.91 Å². The van der Waals surface area contributed by atoms with Crippen molar-refractivity contribution in [1.82, 2.24) is 5.32 Å². The second kappa shape index (κ2) is 4.17. The first-order valence-corrected chi connectivity index (χ1v) is 4.74. The maximum Gasteiger partial charge on any atom is 0.337 e. The summed E-state index contributed by atoms with van der Waals surface area (Å²) in [6, 6.07) is 0. The highest BCUT2D eigenvalue weighted by atomic mass is 32.2. The van der Waals surface area contributed by atoms with Crippen molar-refractivity contribution in [3.63, 3.8) is 0 Å². The third kappa shape index (κ3) is 2.52. The lowest BCUT2D eigenvalue weighted by molar-refractivity contribution is -0.132. The van der Waals surface area contributed by atoms with Crippen molar-refractivity contribution in [1.29, 1.82) is 0 Å². The molecule has 0 saturated carbocycles. The van der Waals surface area contributed by atoms with Gasteiger partial charge >= 0.3 is 5.97 Å². The molecule has 0 radical (unpaired) electrons. The zero-order chi connectivity index (χ0) is 10.7. The van der Waals surface area contributed by atoms with E-state index in [0.29, 0.717) is 10.6 Å². The quantitative estimate of drug-likeness (QED) is 0.674. The van der Waals surface area contributed by atoms with Gasteiger partial charge in [-0.2, -0.15) is 0 Å². The molecule has 1 aliphatic rings. The molecule has 0 aliphatic carbocycles. The smallest absolute Gasteiger partial charge is 0.337 e. The van der Waals surface area contributed by atoms with Crippen molar-refractivity contribution in [2.24, 2.45) is 0 Å². The SMILES string of the molecule is CC(=O)NC1=C=C(C)C(C(=O)O)=CS1. The van der Waals surface area contributed by atoms with Crippen LogP contribution in [0.3, 0.4) is 0 Å². The molecule has 2 N–H and O–H groups in total. The van der Waals surface area contributed by atoms with Gasteiger partial charge in [-0.1, -0.05) is 17.5 Å². The Labute approximate surface area is 85.4 Å². The van der Waals surface area contributed by atoms with E-state index < -0.39 is 5.97 Å². The Bertz CT molecular complexity index is 389. The Kier molecular flexibility index (Phi) is 3.17. The van der Waals surface area contributed by atoms with E-state index in [-0.39, 0.29) is 11.5 Å². The number of nitrogens with one attached hydrogen (secondary N) is 1. The summed E-state index contributed by atoms with van der Waals surface area (Å²) >= 11 is 1.14. The Morgan fingerprint density at radius 2 is 2.21 bits per heavy atom. The van der Waals surface area contributed by atoms with E-state index in [1.165, 1.54) is 12.3 Å². The highest BCUT2D eigenvalue weighted by molar-refractivity contribution is 8.05. The van der Waals surface area contributed by atoms with Gasteiger partial charge in [-0.05, 0) is 12.3 Å². The third-order valence-electron chi connectivity index (χ3n) is 1.52. The Balaban J connectivity index is 2.94. The van der Waals surface area contributed by atoms with Gasteiger partial charge in [0.05, 0.1) is 5.57 Å². The lowest BCUT2D eigenvalue weighted by atomic mass is 10.1. The number of aliphatic carboxylic acids is 1. The first kappa shape index (κ1) is 10.6. The van der Waals surface area contributed by atoms with Gasteiger partial charge in [-0.25, -0.2) is 4.79 Å². The van der Waals surface area contributed by atoms with Crippen molar-refractivity contribution in [2.45, 2.75) is 13.8 Å². The minimum absolute atomic E-state index is 0.194. The van der Waals surface area contributed by atoms with Gasteiger partial charge < -0.3 is 10.4 Å². The van der Waals surface area contributed by atoms with Crippen LogP contribution in [0.4, 0.5) is 0 Å². The van der Waals surface area contributed by atoms with Crippen molar-refractivity contribution in [2.75, 3.05) is 0 Å². The topological polar surface area (TPSA) is 66.4 Å². The fourth-order valence-electron chi connectivity index (χ4n) is 0.905. The molecule has 0 spiro atoms. The van der Waals surface area contributed by atoms with Gasteiger partial charge in [0.1, 0.15) is 5.03 Å². The molecule has 4 nitrogen and oxygen atoms in total. The number of rotatable bonds is 2. The minimum Gasteiger partial charge on any atom is -0.478 e. The molecule has 14 heavy (non-hydrogen) atoms. The molecule has 0 bridgehead atoms. The summed E-state index contributed by atoms with van der Waals surface area (Å²) in [5.41, 5.74) is 3.52. The number of carbonyl (C=O) groups is 2. The fourth-order valence-corrected chi connectivity index (χ4v) is 1.83. The first-order valence-electron chi connectivity index (χ1n) is 3.86. The molecule has 0 aromatic heterocycles. The van der Waals surface area contributed by atoms with E-state index in [2.05, 4.69) is 11.0 Å². The number of hydrogen-bond acceptors (Lipinski definition) is 3. The molecule has 0 fully saturated rings. The second-order valence-corrected chi connectivity index (χ2v) is 3.59. The Hall–Kier alpha value is -1.45. The predicted molar refractivity (Wildman–Crippen MR) is 53.3 cm³/mol. The number of carbonyl (C=O) groups excluding carboxylic acids is 1. The molecule has 0 atom stereocenters. The van der Waals surface area contributed by atoms with E-state index in [1.807, 2.05) is 0 Å². The highest BCUT2D eigenvalue weighted by Crippen LogP contribution is 2.24. The molecule has 0 saturated heterocycles. The molecule has 0 unspecified atom stereocenters. The molecule has 1 heterocycles. The number of carboxylic acids is 1. The third-order valence-corrected chi connectivity index (χ3v) is 2.31. The van der Waals surface area contributed by atoms with E-state index >= 15 is 0 Å². The van der Waals surface area contributed by atoms with Crippen LogP contribution < -0.4 is 5.32 Å². The molecule has 74 valence electrons. The molecule has 5 heteroatoms. The molecule has 1 amide bonds. The van der Waals surface area contributed by atoms with Crippen molar-refractivity contribution >= 4 is 23.6 Å². The van der Waals surface area contributed by atoms with Crippen LogP contribution >= 0.6 is 11.8 Å². The van der Waals surface area contributed by atoms with Gasteiger partial charge in [0.25, 0.3) is 0 Å². The predicted octanol–water partition coefficient (Wildman–Crippen LogP) is 1.22. The van der Waals surface area contributed by atoms with Crippen LogP contribution in [0, 0.1) is 0 Å². The summed E-state index contributed by atoms with van der Waals surface area (Å²) in [6.45, 7) is 3.03. The molecule has 0 aromatic carbocycles. The largest absolute Gasteiger partial charge is 0.478 e. The zero-order valence-electron chi connectivity index (χ0n) is 7.75. The highest BCUT2D eigenvalue weighted by Gasteiger charge is 2.14. The summed E-state index contributed by atoms with van der Waals surface area (Å²) in [5, 5.41) is 13.3. The maximum absolute atomic E-state index is 10.7. The standard InChI is InChI=1S/C9H9NO3S/c1-5-3-8(10-6(2)11)14-4-7(5)9(12)13/h4H,1-2H3,(H,10,11)(H,12,13). The van der Waals surface area contributed by atoms with Gasteiger partial charge in [-0.15, -0.1) is 0 Å². The first-order chi connectivity index (χ1) is 6.50. The van der Waals surface area contributed by atoms with Gasteiger partial charge in [0.15, 0.2) is 0 Å². The van der Waals surface area contributed by atoms with Crippen LogP contribution in [0.25, 0.3) is 0 Å². The zero-order valence-corrected chi connectivity index (χ0v) is 8.57. The molecule has 1 rings (SSSR count). The van der Waals surface area contributed by atoms with E-state index in [0.717, 1.165) is 11.8 Å². The normalized spacial score (nSPS) is 15.1.